The first-order chi connectivity index (χ1) is 12.7. The molecule has 0 amide bonds. The molecule has 5 aromatic rings. The molecule has 5 rings (SSSR count). The number of benzene rings is 2. The Bertz CT molecular complexity index is 1370. The van der Waals surface area contributed by atoms with Gasteiger partial charge in [-0.2, -0.15) is 0 Å². The molecule has 3 aromatic heterocycles. The van der Waals surface area contributed by atoms with Crippen molar-refractivity contribution in [1.82, 2.24) is 15.0 Å². The second-order valence-electron chi connectivity index (χ2n) is 6.16. The number of fused-ring (bicyclic) bond motifs is 5. The van der Waals surface area contributed by atoms with Gasteiger partial charge in [-0.1, -0.05) is 23.7 Å². The molecule has 0 saturated heterocycles. The third-order valence-electron chi connectivity index (χ3n) is 4.65. The summed E-state index contributed by atoms with van der Waals surface area (Å²) < 4.78 is 0. The van der Waals surface area contributed by atoms with Gasteiger partial charge in [-0.3, -0.25) is 14.8 Å². The Morgan fingerprint density at radius 2 is 1.69 bits per heavy atom. The van der Waals surface area contributed by atoms with Gasteiger partial charge in [0.25, 0.3) is 5.56 Å². The topological polar surface area (TPSA) is 58.6 Å². The zero-order valence-corrected chi connectivity index (χ0v) is 14.3. The molecule has 0 aliphatic rings. The highest BCUT2D eigenvalue weighted by molar-refractivity contribution is 6.31. The van der Waals surface area contributed by atoms with Crippen LogP contribution in [0.2, 0.25) is 5.02 Å². The Balaban J connectivity index is 2.09. The number of aromatic amines is 1. The third kappa shape index (κ3) is 2.20. The van der Waals surface area contributed by atoms with E-state index in [4.69, 9.17) is 11.6 Å². The van der Waals surface area contributed by atoms with Crippen LogP contribution in [0.4, 0.5) is 0 Å². The summed E-state index contributed by atoms with van der Waals surface area (Å²) in [5, 5.41) is 4.95. The molecule has 0 atom stereocenters. The van der Waals surface area contributed by atoms with Crippen molar-refractivity contribution >= 4 is 44.0 Å². The molecular formula is C21H12ClN3O. The van der Waals surface area contributed by atoms with Gasteiger partial charge in [0.15, 0.2) is 0 Å². The zero-order chi connectivity index (χ0) is 17.7. The molecule has 3 heterocycles. The highest BCUT2D eigenvalue weighted by Gasteiger charge is 2.14. The van der Waals surface area contributed by atoms with Crippen molar-refractivity contribution < 1.29 is 0 Å². The van der Waals surface area contributed by atoms with Crippen LogP contribution in [0.15, 0.2) is 72.0 Å². The van der Waals surface area contributed by atoms with E-state index in [2.05, 4.69) is 21.0 Å². The monoisotopic (exact) mass is 357 g/mol. The molecule has 0 saturated carbocycles. The third-order valence-corrected chi connectivity index (χ3v) is 4.88. The molecule has 0 spiro atoms. The van der Waals surface area contributed by atoms with Gasteiger partial charge in [0.05, 0.1) is 10.9 Å². The van der Waals surface area contributed by atoms with E-state index in [9.17, 15) is 4.79 Å². The summed E-state index contributed by atoms with van der Waals surface area (Å²) >= 11 is 6.23. The second-order valence-corrected chi connectivity index (χ2v) is 6.59. The fourth-order valence-corrected chi connectivity index (χ4v) is 3.70. The van der Waals surface area contributed by atoms with Crippen LogP contribution >= 0.6 is 11.6 Å². The number of rotatable bonds is 1. The van der Waals surface area contributed by atoms with Crippen LogP contribution in [0.25, 0.3) is 43.6 Å². The van der Waals surface area contributed by atoms with E-state index in [0.29, 0.717) is 10.4 Å². The summed E-state index contributed by atoms with van der Waals surface area (Å²) in [6.07, 6.45) is 6.91. The number of nitrogens with zero attached hydrogens (tertiary/aromatic N) is 2. The summed E-state index contributed by atoms with van der Waals surface area (Å²) in [6, 6.07) is 13.4. The van der Waals surface area contributed by atoms with Gasteiger partial charge in [0.2, 0.25) is 0 Å². The molecule has 1 N–H and O–H groups in total. The van der Waals surface area contributed by atoms with Crippen LogP contribution in [0, 0.1) is 0 Å². The number of halogens is 1. The maximum atomic E-state index is 12.6. The minimum absolute atomic E-state index is 0.128. The summed E-state index contributed by atoms with van der Waals surface area (Å²) in [5.41, 5.74) is 2.62. The van der Waals surface area contributed by atoms with Crippen molar-refractivity contribution in [2.45, 2.75) is 0 Å². The summed E-state index contributed by atoms with van der Waals surface area (Å²) in [4.78, 5) is 24.1. The van der Waals surface area contributed by atoms with E-state index in [1.165, 1.54) is 0 Å². The molecule has 124 valence electrons. The van der Waals surface area contributed by atoms with E-state index in [1.807, 2.05) is 30.3 Å². The summed E-state index contributed by atoms with van der Waals surface area (Å²) in [5.74, 6) is 0. The van der Waals surface area contributed by atoms with E-state index < -0.39 is 0 Å². The minimum atomic E-state index is -0.128. The van der Waals surface area contributed by atoms with Crippen LogP contribution in [-0.4, -0.2) is 15.0 Å². The fraction of sp³-hybridized carbons (Fsp3) is 0. The molecule has 5 heteroatoms. The largest absolute Gasteiger partial charge is 0.321 e. The quantitative estimate of drug-likeness (QED) is 0.432. The lowest BCUT2D eigenvalue weighted by Gasteiger charge is -2.13. The molecule has 0 bridgehead atoms. The standard InChI is InChI=1S/C21H12ClN3O/c22-14-3-1-2-12(8-14)17-9-13-10-23-6-4-15(13)20-19(17)18-11-24-7-5-16(18)21(26)25-20/h1-11H,(H,25,26). The van der Waals surface area contributed by atoms with Crippen LogP contribution in [0.1, 0.15) is 0 Å². The average molecular weight is 358 g/mol. The Morgan fingerprint density at radius 1 is 0.885 bits per heavy atom. The first kappa shape index (κ1) is 15.0. The molecule has 4 nitrogen and oxygen atoms in total. The van der Waals surface area contributed by atoms with Gasteiger partial charge >= 0.3 is 0 Å². The first-order valence-electron chi connectivity index (χ1n) is 8.15. The number of hydrogen-bond acceptors (Lipinski definition) is 3. The van der Waals surface area contributed by atoms with E-state index in [-0.39, 0.29) is 5.56 Å². The first-order valence-corrected chi connectivity index (χ1v) is 8.52. The lowest BCUT2D eigenvalue weighted by atomic mass is 9.94. The molecule has 0 aliphatic carbocycles. The van der Waals surface area contributed by atoms with Gasteiger partial charge < -0.3 is 4.98 Å². The SMILES string of the molecule is O=c1[nH]c2c3ccncc3cc(-c3cccc(Cl)c3)c2c2cnccc12. The van der Waals surface area contributed by atoms with Crippen LogP contribution in [0.3, 0.4) is 0 Å². The van der Waals surface area contributed by atoms with Crippen LogP contribution in [-0.2, 0) is 0 Å². The average Bonchev–Trinajstić information content (AvgIpc) is 2.67. The molecule has 0 unspecified atom stereocenters. The highest BCUT2D eigenvalue weighted by Crippen LogP contribution is 2.37. The second kappa shape index (κ2) is 5.64. The van der Waals surface area contributed by atoms with Gasteiger partial charge in [-0.25, -0.2) is 0 Å². The molecule has 2 aromatic carbocycles. The maximum Gasteiger partial charge on any atom is 0.256 e. The van der Waals surface area contributed by atoms with E-state index in [1.54, 1.807) is 30.9 Å². The normalized spacial score (nSPS) is 11.4. The lowest BCUT2D eigenvalue weighted by molar-refractivity contribution is 1.31. The molecule has 0 aliphatic heterocycles. The molecule has 0 fully saturated rings. The fourth-order valence-electron chi connectivity index (χ4n) is 3.51. The van der Waals surface area contributed by atoms with Crippen molar-refractivity contribution in [2.24, 2.45) is 0 Å². The minimum Gasteiger partial charge on any atom is -0.321 e. The van der Waals surface area contributed by atoms with Crippen LogP contribution in [0.5, 0.6) is 0 Å². The van der Waals surface area contributed by atoms with Gasteiger partial charge in [-0.15, -0.1) is 0 Å². The van der Waals surface area contributed by atoms with Crippen molar-refractivity contribution in [3.8, 4) is 11.1 Å². The van der Waals surface area contributed by atoms with Crippen molar-refractivity contribution in [3.05, 3.63) is 82.6 Å². The zero-order valence-electron chi connectivity index (χ0n) is 13.5. The Kier molecular flexibility index (Phi) is 3.27. The van der Waals surface area contributed by atoms with Crippen LogP contribution < -0.4 is 5.56 Å². The lowest BCUT2D eigenvalue weighted by Crippen LogP contribution is -2.07. The smallest absolute Gasteiger partial charge is 0.256 e. The number of H-pyrrole nitrogens is 1. The Hall–Kier alpha value is -3.24. The summed E-state index contributed by atoms with van der Waals surface area (Å²) in [7, 11) is 0. The predicted molar refractivity (Wildman–Crippen MR) is 106 cm³/mol. The molecular weight excluding hydrogens is 346 g/mol. The van der Waals surface area contributed by atoms with Crippen molar-refractivity contribution in [3.63, 3.8) is 0 Å². The van der Waals surface area contributed by atoms with E-state index >= 15 is 0 Å². The number of nitrogens with one attached hydrogen (secondary N) is 1. The Morgan fingerprint density at radius 3 is 2.54 bits per heavy atom. The Labute approximate surface area is 153 Å². The van der Waals surface area contributed by atoms with Gasteiger partial charge in [0.1, 0.15) is 0 Å². The van der Waals surface area contributed by atoms with Crippen molar-refractivity contribution in [1.29, 1.82) is 0 Å². The van der Waals surface area contributed by atoms with Gasteiger partial charge in [0, 0.05) is 51.4 Å². The predicted octanol–water partition coefficient (Wildman–Crippen LogP) is 4.94. The molecule has 26 heavy (non-hydrogen) atoms. The van der Waals surface area contributed by atoms with Crippen molar-refractivity contribution in [2.75, 3.05) is 0 Å². The maximum absolute atomic E-state index is 12.6. The number of aromatic nitrogens is 3. The number of hydrogen-bond donors (Lipinski definition) is 1. The molecule has 0 radical (unpaired) electrons. The van der Waals surface area contributed by atoms with E-state index in [0.717, 1.165) is 38.2 Å². The van der Waals surface area contributed by atoms with Gasteiger partial charge in [-0.05, 0) is 41.5 Å². The number of pyridine rings is 3. The summed E-state index contributed by atoms with van der Waals surface area (Å²) in [6.45, 7) is 0. The highest BCUT2D eigenvalue weighted by atomic mass is 35.5.